The van der Waals surface area contributed by atoms with Crippen LogP contribution in [0, 0.1) is 0 Å². The summed E-state index contributed by atoms with van der Waals surface area (Å²) in [5.74, 6) is 0.809. The number of nitrogens with one attached hydrogen (secondary N) is 2. The summed E-state index contributed by atoms with van der Waals surface area (Å²) in [7, 11) is 1.66. The Morgan fingerprint density at radius 2 is 2.00 bits per heavy atom. The molecule has 19 heavy (non-hydrogen) atoms. The van der Waals surface area contributed by atoms with E-state index in [1.165, 1.54) is 0 Å². The average Bonchev–Trinajstić information content (AvgIpc) is 2.35. The second kappa shape index (κ2) is 6.57. The summed E-state index contributed by atoms with van der Waals surface area (Å²) in [6.07, 6.45) is 0. The predicted octanol–water partition coefficient (Wildman–Crippen LogP) is 2.54. The Hall–Kier alpha value is -1.55. The van der Waals surface area contributed by atoms with Gasteiger partial charge in [0.2, 0.25) is 5.91 Å². The first-order chi connectivity index (χ1) is 8.88. The molecule has 0 bridgehead atoms. The smallest absolute Gasteiger partial charge is 0.238 e. The summed E-state index contributed by atoms with van der Waals surface area (Å²) >= 11 is 0. The summed E-state index contributed by atoms with van der Waals surface area (Å²) in [5.41, 5.74) is 1.85. The number of carbonyl (C=O) groups excluding carboxylic acids is 1. The third kappa shape index (κ3) is 4.56. The van der Waals surface area contributed by atoms with Crippen molar-refractivity contribution in [2.45, 2.75) is 33.1 Å². The number of benzene rings is 1. The third-order valence-corrected chi connectivity index (χ3v) is 2.83. The van der Waals surface area contributed by atoms with Gasteiger partial charge in [-0.05, 0) is 30.2 Å². The van der Waals surface area contributed by atoms with Crippen molar-refractivity contribution in [1.82, 2.24) is 5.32 Å². The summed E-state index contributed by atoms with van der Waals surface area (Å²) in [4.78, 5) is 11.7. The van der Waals surface area contributed by atoms with Crippen molar-refractivity contribution in [3.8, 4) is 5.75 Å². The molecule has 0 unspecified atom stereocenters. The molecule has 0 aliphatic carbocycles. The Morgan fingerprint density at radius 3 is 2.53 bits per heavy atom. The van der Waals surface area contributed by atoms with E-state index in [1.807, 2.05) is 25.1 Å². The number of hydrogen-bond acceptors (Lipinski definition) is 3. The maximum absolute atomic E-state index is 11.7. The molecule has 0 heterocycles. The molecule has 106 valence electrons. The van der Waals surface area contributed by atoms with E-state index in [9.17, 15) is 4.79 Å². The second-order valence-corrected chi connectivity index (χ2v) is 5.49. The van der Waals surface area contributed by atoms with E-state index in [1.54, 1.807) is 7.11 Å². The number of anilines is 1. The molecular formula is C15H24N2O2. The van der Waals surface area contributed by atoms with Crippen LogP contribution in [0.1, 0.15) is 33.3 Å². The Kier molecular flexibility index (Phi) is 5.36. The van der Waals surface area contributed by atoms with E-state index in [2.05, 4.69) is 31.4 Å². The van der Waals surface area contributed by atoms with Gasteiger partial charge in [0.1, 0.15) is 5.75 Å². The molecule has 0 aliphatic rings. The first-order valence-corrected chi connectivity index (χ1v) is 6.57. The molecule has 0 aliphatic heterocycles. The topological polar surface area (TPSA) is 50.4 Å². The van der Waals surface area contributed by atoms with Gasteiger partial charge in [-0.15, -0.1) is 0 Å². The van der Waals surface area contributed by atoms with Crippen molar-refractivity contribution in [1.29, 1.82) is 0 Å². The number of hydrogen-bond donors (Lipinski definition) is 2. The van der Waals surface area contributed by atoms with Gasteiger partial charge in [-0.3, -0.25) is 4.79 Å². The van der Waals surface area contributed by atoms with Gasteiger partial charge in [-0.1, -0.05) is 27.7 Å². The van der Waals surface area contributed by atoms with Crippen LogP contribution in [0.2, 0.25) is 0 Å². The highest BCUT2D eigenvalue weighted by atomic mass is 16.5. The Labute approximate surface area is 115 Å². The second-order valence-electron chi connectivity index (χ2n) is 5.49. The minimum Gasteiger partial charge on any atom is -0.496 e. The molecule has 4 nitrogen and oxygen atoms in total. The quantitative estimate of drug-likeness (QED) is 0.859. The number of rotatable bonds is 5. The first kappa shape index (κ1) is 15.5. The van der Waals surface area contributed by atoms with E-state index in [0.29, 0.717) is 6.54 Å². The molecule has 1 aromatic rings. The lowest BCUT2D eigenvalue weighted by atomic mass is 9.86. The van der Waals surface area contributed by atoms with Gasteiger partial charge in [0.25, 0.3) is 0 Å². The normalized spacial score (nSPS) is 11.2. The Balaban J connectivity index is 2.90. The molecule has 2 N–H and O–H groups in total. The minimum atomic E-state index is -0.0353. The fourth-order valence-electron chi connectivity index (χ4n) is 1.82. The molecule has 1 rings (SSSR count). The van der Waals surface area contributed by atoms with Crippen molar-refractivity contribution in [3.05, 3.63) is 23.8 Å². The van der Waals surface area contributed by atoms with Crippen LogP contribution < -0.4 is 15.4 Å². The van der Waals surface area contributed by atoms with Crippen molar-refractivity contribution in [2.75, 3.05) is 25.5 Å². The maximum Gasteiger partial charge on any atom is 0.238 e. The molecule has 0 saturated carbocycles. The van der Waals surface area contributed by atoms with Crippen LogP contribution in [-0.2, 0) is 10.2 Å². The average molecular weight is 264 g/mol. The number of methoxy groups -OCH3 is 1. The fraction of sp³-hybridized carbons (Fsp3) is 0.533. The van der Waals surface area contributed by atoms with Crippen LogP contribution in [0.5, 0.6) is 5.75 Å². The number of carbonyl (C=O) groups is 1. The van der Waals surface area contributed by atoms with Crippen LogP contribution in [-0.4, -0.2) is 26.1 Å². The molecule has 0 saturated heterocycles. The number of likely N-dealkylation sites (N-methyl/N-ethyl adjacent to an activating group) is 1. The third-order valence-electron chi connectivity index (χ3n) is 2.83. The zero-order valence-electron chi connectivity index (χ0n) is 12.5. The molecule has 1 aromatic carbocycles. The van der Waals surface area contributed by atoms with Crippen molar-refractivity contribution in [2.24, 2.45) is 0 Å². The fourth-order valence-corrected chi connectivity index (χ4v) is 1.82. The lowest BCUT2D eigenvalue weighted by Gasteiger charge is -2.23. The first-order valence-electron chi connectivity index (χ1n) is 6.57. The summed E-state index contributed by atoms with van der Waals surface area (Å²) in [5, 5.41) is 5.88. The molecule has 1 amide bonds. The Morgan fingerprint density at radius 1 is 1.32 bits per heavy atom. The highest BCUT2D eigenvalue weighted by Gasteiger charge is 2.19. The van der Waals surface area contributed by atoms with E-state index in [-0.39, 0.29) is 11.3 Å². The predicted molar refractivity (Wildman–Crippen MR) is 78.9 cm³/mol. The van der Waals surface area contributed by atoms with Gasteiger partial charge in [-0.25, -0.2) is 0 Å². The van der Waals surface area contributed by atoms with Gasteiger partial charge >= 0.3 is 0 Å². The zero-order chi connectivity index (χ0) is 14.5. The van der Waals surface area contributed by atoms with Gasteiger partial charge in [0.05, 0.1) is 13.7 Å². The molecule has 0 aromatic heterocycles. The van der Waals surface area contributed by atoms with Crippen LogP contribution >= 0.6 is 0 Å². The van der Waals surface area contributed by atoms with Gasteiger partial charge in [0.15, 0.2) is 0 Å². The van der Waals surface area contributed by atoms with Crippen LogP contribution in [0.3, 0.4) is 0 Å². The monoisotopic (exact) mass is 264 g/mol. The van der Waals surface area contributed by atoms with E-state index in [4.69, 9.17) is 4.74 Å². The van der Waals surface area contributed by atoms with Crippen molar-refractivity contribution in [3.63, 3.8) is 0 Å². The molecule has 0 atom stereocenters. The van der Waals surface area contributed by atoms with Crippen LogP contribution in [0.4, 0.5) is 5.69 Å². The van der Waals surface area contributed by atoms with E-state index >= 15 is 0 Å². The lowest BCUT2D eigenvalue weighted by molar-refractivity contribution is -0.115. The Bertz CT molecular complexity index is 436. The van der Waals surface area contributed by atoms with Gasteiger partial charge in [0, 0.05) is 11.3 Å². The van der Waals surface area contributed by atoms with Gasteiger partial charge < -0.3 is 15.4 Å². The molecule has 0 spiro atoms. The minimum absolute atomic E-state index is 0.0340. The number of ether oxygens (including phenoxy) is 1. The van der Waals surface area contributed by atoms with Crippen molar-refractivity contribution < 1.29 is 9.53 Å². The van der Waals surface area contributed by atoms with Crippen molar-refractivity contribution >= 4 is 11.6 Å². The summed E-state index contributed by atoms with van der Waals surface area (Å²) in [6, 6.07) is 5.73. The SMILES string of the molecule is CCNCC(=O)Nc1ccc(OC)c(C(C)(C)C)c1. The zero-order valence-corrected chi connectivity index (χ0v) is 12.5. The molecule has 0 radical (unpaired) electrons. The molecule has 4 heteroatoms. The standard InChI is InChI=1S/C15H24N2O2/c1-6-16-10-14(18)17-11-7-8-13(19-5)12(9-11)15(2,3)4/h7-9,16H,6,10H2,1-5H3,(H,17,18). The maximum atomic E-state index is 11.7. The summed E-state index contributed by atoms with van der Waals surface area (Å²) < 4.78 is 5.37. The number of amides is 1. The molecular weight excluding hydrogens is 240 g/mol. The highest BCUT2D eigenvalue weighted by Crippen LogP contribution is 2.33. The van der Waals surface area contributed by atoms with Crippen LogP contribution in [0.25, 0.3) is 0 Å². The molecule has 0 fully saturated rings. The van der Waals surface area contributed by atoms with E-state index < -0.39 is 0 Å². The van der Waals surface area contributed by atoms with E-state index in [0.717, 1.165) is 23.5 Å². The lowest BCUT2D eigenvalue weighted by Crippen LogP contribution is -2.27. The van der Waals surface area contributed by atoms with Crippen LogP contribution in [0.15, 0.2) is 18.2 Å². The van der Waals surface area contributed by atoms with Gasteiger partial charge in [-0.2, -0.15) is 0 Å². The highest BCUT2D eigenvalue weighted by molar-refractivity contribution is 5.92. The summed E-state index contributed by atoms with van der Waals surface area (Å²) in [6.45, 7) is 9.44. The largest absolute Gasteiger partial charge is 0.496 e.